The monoisotopic (exact) mass is 282 g/mol. The summed E-state index contributed by atoms with van der Waals surface area (Å²) in [5.41, 5.74) is 0.773. The molecule has 1 aromatic carbocycles. The highest BCUT2D eigenvalue weighted by molar-refractivity contribution is 9.10. The average molecular weight is 283 g/mol. The van der Waals surface area contributed by atoms with E-state index >= 15 is 0 Å². The summed E-state index contributed by atoms with van der Waals surface area (Å²) in [7, 11) is 2.00. The van der Waals surface area contributed by atoms with Crippen LogP contribution in [0.1, 0.15) is 10.4 Å². The molecular weight excluding hydrogens is 268 g/mol. The molecule has 0 aromatic heterocycles. The SMILES string of the molecule is CN1CCNCC1C(=O)c1cccc(Br)c1. The zero-order valence-corrected chi connectivity index (χ0v) is 10.8. The van der Waals surface area contributed by atoms with Gasteiger partial charge in [0.15, 0.2) is 5.78 Å². The molecule has 4 heteroatoms. The number of nitrogens with zero attached hydrogens (tertiary/aromatic N) is 1. The standard InChI is InChI=1S/C12H15BrN2O/c1-15-6-5-14-8-11(15)12(16)9-3-2-4-10(13)7-9/h2-4,7,11,14H,5-6,8H2,1H3. The van der Waals surface area contributed by atoms with Crippen molar-refractivity contribution < 1.29 is 4.79 Å². The van der Waals surface area contributed by atoms with Crippen molar-refractivity contribution in [3.05, 3.63) is 34.3 Å². The fraction of sp³-hybridized carbons (Fsp3) is 0.417. The minimum Gasteiger partial charge on any atom is -0.313 e. The Morgan fingerprint density at radius 2 is 2.38 bits per heavy atom. The third-order valence-electron chi connectivity index (χ3n) is 2.92. The van der Waals surface area contributed by atoms with E-state index in [2.05, 4.69) is 26.1 Å². The number of likely N-dealkylation sites (N-methyl/N-ethyl adjacent to an activating group) is 1. The molecule has 16 heavy (non-hydrogen) atoms. The molecule has 0 amide bonds. The maximum Gasteiger partial charge on any atom is 0.181 e. The largest absolute Gasteiger partial charge is 0.313 e. The van der Waals surface area contributed by atoms with E-state index in [0.29, 0.717) is 0 Å². The smallest absolute Gasteiger partial charge is 0.181 e. The van der Waals surface area contributed by atoms with E-state index in [1.54, 1.807) is 0 Å². The van der Waals surface area contributed by atoms with Crippen LogP contribution in [0.3, 0.4) is 0 Å². The number of carbonyl (C=O) groups excluding carboxylic acids is 1. The molecule has 0 saturated carbocycles. The lowest BCUT2D eigenvalue weighted by atomic mass is 10.0. The van der Waals surface area contributed by atoms with E-state index in [9.17, 15) is 4.79 Å². The summed E-state index contributed by atoms with van der Waals surface area (Å²) in [6.45, 7) is 2.62. The molecule has 0 bridgehead atoms. The fourth-order valence-electron chi connectivity index (χ4n) is 1.93. The molecule has 0 radical (unpaired) electrons. The van der Waals surface area contributed by atoms with Crippen molar-refractivity contribution in [3.8, 4) is 0 Å². The molecule has 1 N–H and O–H groups in total. The highest BCUT2D eigenvalue weighted by Crippen LogP contribution is 2.15. The molecule has 1 heterocycles. The lowest BCUT2D eigenvalue weighted by Gasteiger charge is -2.31. The van der Waals surface area contributed by atoms with Crippen LogP contribution in [-0.2, 0) is 0 Å². The minimum absolute atomic E-state index is 0.0388. The predicted octanol–water partition coefficient (Wildman–Crippen LogP) is 1.54. The fourth-order valence-corrected chi connectivity index (χ4v) is 2.33. The second-order valence-electron chi connectivity index (χ2n) is 4.08. The molecule has 2 rings (SSSR count). The van der Waals surface area contributed by atoms with Crippen LogP contribution >= 0.6 is 15.9 Å². The number of benzene rings is 1. The van der Waals surface area contributed by atoms with Gasteiger partial charge in [0, 0.05) is 29.7 Å². The number of carbonyl (C=O) groups is 1. The van der Waals surface area contributed by atoms with Gasteiger partial charge in [-0.15, -0.1) is 0 Å². The van der Waals surface area contributed by atoms with Crippen LogP contribution in [0.5, 0.6) is 0 Å². The summed E-state index contributed by atoms with van der Waals surface area (Å²) in [6, 6.07) is 7.54. The van der Waals surface area contributed by atoms with Crippen LogP contribution < -0.4 is 5.32 Å². The topological polar surface area (TPSA) is 32.3 Å². The first kappa shape index (κ1) is 11.8. The zero-order valence-electron chi connectivity index (χ0n) is 9.24. The van der Waals surface area contributed by atoms with Gasteiger partial charge in [0.2, 0.25) is 0 Å². The van der Waals surface area contributed by atoms with Gasteiger partial charge >= 0.3 is 0 Å². The van der Waals surface area contributed by atoms with Gasteiger partial charge in [0.1, 0.15) is 0 Å². The summed E-state index contributed by atoms with van der Waals surface area (Å²) in [6.07, 6.45) is 0. The quantitative estimate of drug-likeness (QED) is 0.836. The number of halogens is 1. The van der Waals surface area contributed by atoms with Crippen LogP contribution in [0.4, 0.5) is 0 Å². The first-order valence-electron chi connectivity index (χ1n) is 5.39. The van der Waals surface area contributed by atoms with Gasteiger partial charge in [-0.05, 0) is 19.2 Å². The molecule has 1 aliphatic rings. The maximum absolute atomic E-state index is 12.3. The Bertz CT molecular complexity index is 394. The number of hydrogen-bond acceptors (Lipinski definition) is 3. The molecule has 3 nitrogen and oxygen atoms in total. The summed E-state index contributed by atoms with van der Waals surface area (Å²) in [4.78, 5) is 14.4. The van der Waals surface area contributed by atoms with E-state index in [4.69, 9.17) is 0 Å². The van der Waals surface area contributed by atoms with E-state index < -0.39 is 0 Å². The van der Waals surface area contributed by atoms with Gasteiger partial charge in [-0.25, -0.2) is 0 Å². The van der Waals surface area contributed by atoms with Crippen LogP contribution in [0.15, 0.2) is 28.7 Å². The summed E-state index contributed by atoms with van der Waals surface area (Å²) in [5, 5.41) is 3.26. The van der Waals surface area contributed by atoms with Gasteiger partial charge < -0.3 is 5.32 Å². The Kier molecular flexibility index (Phi) is 3.74. The number of rotatable bonds is 2. The molecule has 0 spiro atoms. The normalized spacial score (nSPS) is 22.0. The van der Waals surface area contributed by atoms with E-state index in [1.807, 2.05) is 31.3 Å². The van der Waals surface area contributed by atoms with Crippen molar-refractivity contribution >= 4 is 21.7 Å². The number of piperazine rings is 1. The molecule has 1 fully saturated rings. The Morgan fingerprint density at radius 1 is 1.56 bits per heavy atom. The lowest BCUT2D eigenvalue weighted by molar-refractivity contribution is 0.0819. The van der Waals surface area contributed by atoms with Gasteiger partial charge in [-0.2, -0.15) is 0 Å². The van der Waals surface area contributed by atoms with E-state index in [1.165, 1.54) is 0 Å². The second-order valence-corrected chi connectivity index (χ2v) is 4.99. The summed E-state index contributed by atoms with van der Waals surface area (Å²) < 4.78 is 0.949. The molecule has 1 aliphatic heterocycles. The molecule has 1 unspecified atom stereocenters. The van der Waals surface area contributed by atoms with Crippen LogP contribution in [-0.4, -0.2) is 43.4 Å². The van der Waals surface area contributed by atoms with Gasteiger partial charge in [-0.3, -0.25) is 9.69 Å². The van der Waals surface area contributed by atoms with Crippen LogP contribution in [0.25, 0.3) is 0 Å². The Labute approximate surface area is 104 Å². The van der Waals surface area contributed by atoms with Crippen LogP contribution in [0.2, 0.25) is 0 Å². The van der Waals surface area contributed by atoms with Crippen molar-refractivity contribution in [2.75, 3.05) is 26.7 Å². The van der Waals surface area contributed by atoms with Gasteiger partial charge in [0.05, 0.1) is 6.04 Å². The molecule has 1 atom stereocenters. The van der Waals surface area contributed by atoms with Crippen molar-refractivity contribution in [2.45, 2.75) is 6.04 Å². The van der Waals surface area contributed by atoms with Crippen molar-refractivity contribution in [2.24, 2.45) is 0 Å². The van der Waals surface area contributed by atoms with Gasteiger partial charge in [0.25, 0.3) is 0 Å². The minimum atomic E-state index is -0.0388. The number of ketones is 1. The zero-order chi connectivity index (χ0) is 11.5. The van der Waals surface area contributed by atoms with Crippen molar-refractivity contribution in [1.29, 1.82) is 0 Å². The molecule has 0 aliphatic carbocycles. The van der Waals surface area contributed by atoms with E-state index in [-0.39, 0.29) is 11.8 Å². The summed E-state index contributed by atoms with van der Waals surface area (Å²) in [5.74, 6) is 0.191. The molecule has 1 aromatic rings. The van der Waals surface area contributed by atoms with Crippen molar-refractivity contribution in [3.63, 3.8) is 0 Å². The third-order valence-corrected chi connectivity index (χ3v) is 3.42. The van der Waals surface area contributed by atoms with Gasteiger partial charge in [-0.1, -0.05) is 28.1 Å². The Hall–Kier alpha value is -0.710. The molecule has 86 valence electrons. The average Bonchev–Trinajstić information content (AvgIpc) is 2.29. The number of hydrogen-bond donors (Lipinski definition) is 1. The van der Waals surface area contributed by atoms with Crippen LogP contribution in [0, 0.1) is 0 Å². The maximum atomic E-state index is 12.3. The van der Waals surface area contributed by atoms with E-state index in [0.717, 1.165) is 29.7 Å². The predicted molar refractivity (Wildman–Crippen MR) is 67.8 cm³/mol. The Morgan fingerprint density at radius 3 is 3.06 bits per heavy atom. The number of nitrogens with one attached hydrogen (secondary N) is 1. The lowest BCUT2D eigenvalue weighted by Crippen LogP contribution is -2.53. The Balaban J connectivity index is 2.17. The summed E-state index contributed by atoms with van der Waals surface area (Å²) >= 11 is 3.39. The molecular formula is C12H15BrN2O. The first-order valence-corrected chi connectivity index (χ1v) is 6.18. The first-order chi connectivity index (χ1) is 7.68. The number of Topliss-reactive ketones (excluding diaryl/α,β-unsaturated/α-hetero) is 1. The molecule has 1 saturated heterocycles. The highest BCUT2D eigenvalue weighted by atomic mass is 79.9. The third kappa shape index (κ3) is 2.51. The second kappa shape index (κ2) is 5.08. The van der Waals surface area contributed by atoms with Crippen molar-refractivity contribution in [1.82, 2.24) is 10.2 Å². The highest BCUT2D eigenvalue weighted by Gasteiger charge is 2.26.